The Hall–Kier alpha value is -0.990. The molecule has 1 aromatic carbocycles. The van der Waals surface area contributed by atoms with Crippen LogP contribution in [-0.4, -0.2) is 5.11 Å². The summed E-state index contributed by atoms with van der Waals surface area (Å²) >= 11 is 5.91. The van der Waals surface area contributed by atoms with E-state index < -0.39 is 6.10 Å². The number of aliphatic hydroxyl groups is 1. The first-order valence-electron chi connectivity index (χ1n) is 6.07. The molecule has 92 valence electrons. The van der Waals surface area contributed by atoms with Crippen molar-refractivity contribution >= 4 is 22.6 Å². The molecule has 0 fully saturated rings. The number of aliphatic hydroxyl groups excluding tert-OH is 1. The van der Waals surface area contributed by atoms with E-state index in [9.17, 15) is 5.11 Å². The van der Waals surface area contributed by atoms with Gasteiger partial charge in [0.25, 0.3) is 0 Å². The average molecular weight is 253 g/mol. The van der Waals surface area contributed by atoms with Crippen LogP contribution >= 0.6 is 11.6 Å². The third kappa shape index (κ3) is 3.02. The van der Waals surface area contributed by atoms with E-state index in [0.29, 0.717) is 10.8 Å². The summed E-state index contributed by atoms with van der Waals surface area (Å²) in [5.74, 6) is 0.637. The zero-order valence-electron chi connectivity index (χ0n) is 9.95. The first-order chi connectivity index (χ1) is 8.20. The highest BCUT2D eigenvalue weighted by Crippen LogP contribution is 2.28. The van der Waals surface area contributed by atoms with Gasteiger partial charge in [-0.05, 0) is 30.7 Å². The third-order valence-electron chi connectivity index (χ3n) is 2.91. The van der Waals surface area contributed by atoms with Crippen LogP contribution in [0, 0.1) is 0 Å². The molecule has 0 aliphatic rings. The summed E-state index contributed by atoms with van der Waals surface area (Å²) in [4.78, 5) is 0. The van der Waals surface area contributed by atoms with E-state index in [2.05, 4.69) is 6.92 Å². The van der Waals surface area contributed by atoms with Crippen LogP contribution in [0.25, 0.3) is 11.0 Å². The third-order valence-corrected chi connectivity index (χ3v) is 3.14. The van der Waals surface area contributed by atoms with Crippen LogP contribution in [0.2, 0.25) is 5.02 Å². The van der Waals surface area contributed by atoms with Crippen molar-refractivity contribution in [2.75, 3.05) is 0 Å². The Labute approximate surface area is 106 Å². The predicted molar refractivity (Wildman–Crippen MR) is 70.3 cm³/mol. The largest absolute Gasteiger partial charge is 0.458 e. The number of furan rings is 1. The van der Waals surface area contributed by atoms with Gasteiger partial charge in [-0.3, -0.25) is 0 Å². The van der Waals surface area contributed by atoms with E-state index in [1.54, 1.807) is 6.07 Å². The Morgan fingerprint density at radius 2 is 2.12 bits per heavy atom. The second kappa shape index (κ2) is 5.56. The van der Waals surface area contributed by atoms with Gasteiger partial charge in [0, 0.05) is 10.4 Å². The smallest absolute Gasteiger partial charge is 0.134 e. The topological polar surface area (TPSA) is 33.4 Å². The minimum atomic E-state index is -0.507. The van der Waals surface area contributed by atoms with E-state index in [1.807, 2.05) is 18.2 Å². The van der Waals surface area contributed by atoms with Gasteiger partial charge in [-0.2, -0.15) is 0 Å². The summed E-state index contributed by atoms with van der Waals surface area (Å²) in [6.07, 6.45) is 3.57. The maximum absolute atomic E-state index is 9.99. The number of halogens is 1. The maximum Gasteiger partial charge on any atom is 0.134 e. The minimum absolute atomic E-state index is 0.507. The standard InChI is InChI=1S/C14H17ClO2/c1-2-3-4-5-12(16)14-9-10-8-11(15)6-7-13(10)17-14/h6-9,12,16H,2-5H2,1H3. The highest BCUT2D eigenvalue weighted by molar-refractivity contribution is 6.31. The lowest BCUT2D eigenvalue weighted by Gasteiger charge is -2.05. The summed E-state index contributed by atoms with van der Waals surface area (Å²) < 4.78 is 5.61. The molecule has 0 aliphatic heterocycles. The number of hydrogen-bond acceptors (Lipinski definition) is 2. The molecule has 1 aromatic heterocycles. The van der Waals surface area contributed by atoms with Gasteiger partial charge < -0.3 is 9.52 Å². The Morgan fingerprint density at radius 1 is 1.29 bits per heavy atom. The van der Waals surface area contributed by atoms with E-state index in [4.69, 9.17) is 16.0 Å². The molecule has 0 aliphatic carbocycles. The quantitative estimate of drug-likeness (QED) is 0.783. The zero-order chi connectivity index (χ0) is 12.3. The first kappa shape index (κ1) is 12.5. The number of rotatable bonds is 5. The fourth-order valence-electron chi connectivity index (χ4n) is 1.93. The van der Waals surface area contributed by atoms with Crippen molar-refractivity contribution in [3.05, 3.63) is 35.0 Å². The van der Waals surface area contributed by atoms with Crippen LogP contribution in [-0.2, 0) is 0 Å². The molecule has 2 nitrogen and oxygen atoms in total. The van der Waals surface area contributed by atoms with Crippen LogP contribution in [0.4, 0.5) is 0 Å². The Balaban J connectivity index is 2.12. The monoisotopic (exact) mass is 252 g/mol. The molecule has 0 radical (unpaired) electrons. The normalized spacial score (nSPS) is 13.1. The van der Waals surface area contributed by atoms with Crippen molar-refractivity contribution in [1.29, 1.82) is 0 Å². The molecular formula is C14H17ClO2. The Morgan fingerprint density at radius 3 is 2.88 bits per heavy atom. The SMILES string of the molecule is CCCCCC(O)c1cc2cc(Cl)ccc2o1. The van der Waals surface area contributed by atoms with Gasteiger partial charge in [0.1, 0.15) is 17.4 Å². The maximum atomic E-state index is 9.99. The molecule has 2 aromatic rings. The van der Waals surface area contributed by atoms with Crippen molar-refractivity contribution < 1.29 is 9.52 Å². The van der Waals surface area contributed by atoms with Crippen molar-refractivity contribution in [3.63, 3.8) is 0 Å². The van der Waals surface area contributed by atoms with Gasteiger partial charge in [-0.1, -0.05) is 37.8 Å². The number of benzene rings is 1. The van der Waals surface area contributed by atoms with Gasteiger partial charge in [0.15, 0.2) is 0 Å². The minimum Gasteiger partial charge on any atom is -0.458 e. The molecule has 0 saturated heterocycles. The molecule has 2 rings (SSSR count). The lowest BCUT2D eigenvalue weighted by Crippen LogP contribution is -1.94. The summed E-state index contributed by atoms with van der Waals surface area (Å²) in [6, 6.07) is 7.35. The van der Waals surface area contributed by atoms with Gasteiger partial charge in [0.05, 0.1) is 0 Å². The van der Waals surface area contributed by atoms with E-state index in [1.165, 1.54) is 0 Å². The second-order valence-electron chi connectivity index (χ2n) is 4.34. The Kier molecular flexibility index (Phi) is 4.08. The first-order valence-corrected chi connectivity index (χ1v) is 6.45. The lowest BCUT2D eigenvalue weighted by atomic mass is 10.1. The summed E-state index contributed by atoms with van der Waals surface area (Å²) in [5, 5.41) is 11.6. The predicted octanol–water partition coefficient (Wildman–Crippen LogP) is 4.70. The van der Waals surface area contributed by atoms with Crippen molar-refractivity contribution in [2.45, 2.75) is 38.7 Å². The molecule has 1 atom stereocenters. The molecule has 1 heterocycles. The highest BCUT2D eigenvalue weighted by Gasteiger charge is 2.12. The van der Waals surface area contributed by atoms with E-state index in [0.717, 1.165) is 36.7 Å². The van der Waals surface area contributed by atoms with E-state index >= 15 is 0 Å². The van der Waals surface area contributed by atoms with Gasteiger partial charge in [-0.15, -0.1) is 0 Å². The molecular weight excluding hydrogens is 236 g/mol. The Bertz CT molecular complexity index is 490. The fraction of sp³-hybridized carbons (Fsp3) is 0.429. The molecule has 0 bridgehead atoms. The van der Waals surface area contributed by atoms with Crippen molar-refractivity contribution in [3.8, 4) is 0 Å². The number of fused-ring (bicyclic) bond motifs is 1. The van der Waals surface area contributed by atoms with Gasteiger partial charge in [0.2, 0.25) is 0 Å². The van der Waals surface area contributed by atoms with Crippen LogP contribution in [0.1, 0.15) is 44.5 Å². The molecule has 0 amide bonds. The summed E-state index contributed by atoms with van der Waals surface area (Å²) in [6.45, 7) is 2.15. The van der Waals surface area contributed by atoms with Crippen molar-refractivity contribution in [2.24, 2.45) is 0 Å². The van der Waals surface area contributed by atoms with Crippen LogP contribution < -0.4 is 0 Å². The molecule has 17 heavy (non-hydrogen) atoms. The number of unbranched alkanes of at least 4 members (excludes halogenated alkanes) is 2. The molecule has 3 heteroatoms. The van der Waals surface area contributed by atoms with Crippen molar-refractivity contribution in [1.82, 2.24) is 0 Å². The second-order valence-corrected chi connectivity index (χ2v) is 4.78. The van der Waals surface area contributed by atoms with E-state index in [-0.39, 0.29) is 0 Å². The molecule has 0 saturated carbocycles. The summed E-state index contributed by atoms with van der Waals surface area (Å²) in [7, 11) is 0. The van der Waals surface area contributed by atoms with Crippen LogP contribution in [0.5, 0.6) is 0 Å². The molecule has 1 unspecified atom stereocenters. The average Bonchev–Trinajstić information content (AvgIpc) is 2.72. The summed E-state index contributed by atoms with van der Waals surface area (Å²) in [5.41, 5.74) is 0.777. The zero-order valence-corrected chi connectivity index (χ0v) is 10.7. The number of hydrogen-bond donors (Lipinski definition) is 1. The van der Waals surface area contributed by atoms with Gasteiger partial charge in [-0.25, -0.2) is 0 Å². The highest BCUT2D eigenvalue weighted by atomic mass is 35.5. The lowest BCUT2D eigenvalue weighted by molar-refractivity contribution is 0.139. The molecule has 1 N–H and O–H groups in total. The van der Waals surface area contributed by atoms with Crippen LogP contribution in [0.15, 0.2) is 28.7 Å². The van der Waals surface area contributed by atoms with Crippen LogP contribution in [0.3, 0.4) is 0 Å². The molecule has 0 spiro atoms. The van der Waals surface area contributed by atoms with Gasteiger partial charge >= 0.3 is 0 Å². The fourth-order valence-corrected chi connectivity index (χ4v) is 2.11.